The number of aryl methyl sites for hydroxylation is 1. The summed E-state index contributed by atoms with van der Waals surface area (Å²) in [5.41, 5.74) is 0.528. The Morgan fingerprint density at radius 1 is 1.30 bits per heavy atom. The van der Waals surface area contributed by atoms with Crippen molar-refractivity contribution in [3.05, 3.63) is 30.2 Å². The maximum absolute atomic E-state index is 12.0. The van der Waals surface area contributed by atoms with E-state index in [2.05, 4.69) is 14.9 Å². The summed E-state index contributed by atoms with van der Waals surface area (Å²) < 4.78 is 33.4. The molecule has 0 atom stereocenters. The van der Waals surface area contributed by atoms with Crippen molar-refractivity contribution in [2.24, 2.45) is 0 Å². The number of carboxylic acid groups (broad SMARTS) is 1. The molecule has 8 heteroatoms. The molecule has 0 saturated carbocycles. The Morgan fingerprint density at radius 3 is 2.60 bits per heavy atom. The highest BCUT2D eigenvalue weighted by molar-refractivity contribution is 5.66. The van der Waals surface area contributed by atoms with E-state index in [0.717, 1.165) is 0 Å². The third-order valence-electron chi connectivity index (χ3n) is 2.35. The number of carboxylic acids is 1. The second-order valence-electron chi connectivity index (χ2n) is 3.80. The fourth-order valence-electron chi connectivity index (χ4n) is 1.46. The summed E-state index contributed by atoms with van der Waals surface area (Å²) in [6, 6.07) is 5.68. The van der Waals surface area contributed by atoms with Gasteiger partial charge in [0.05, 0.1) is 6.42 Å². The summed E-state index contributed by atoms with van der Waals surface area (Å²) in [4.78, 5) is 10.4. The predicted octanol–water partition coefficient (Wildman–Crippen LogP) is 2.36. The van der Waals surface area contributed by atoms with Gasteiger partial charge in [0.1, 0.15) is 5.75 Å². The van der Waals surface area contributed by atoms with E-state index in [1.54, 1.807) is 0 Å². The van der Waals surface area contributed by atoms with Crippen molar-refractivity contribution < 1.29 is 27.8 Å². The van der Waals surface area contributed by atoms with Gasteiger partial charge in [-0.2, -0.15) is 8.78 Å². The van der Waals surface area contributed by atoms with Crippen LogP contribution in [-0.2, 0) is 11.2 Å². The predicted molar refractivity (Wildman–Crippen MR) is 62.3 cm³/mol. The molecule has 0 unspecified atom stereocenters. The maximum atomic E-state index is 12.0. The zero-order chi connectivity index (χ0) is 14.5. The summed E-state index contributed by atoms with van der Waals surface area (Å²) in [5.74, 6) is -0.545. The molecule has 1 heterocycles. The lowest BCUT2D eigenvalue weighted by atomic mass is 10.2. The Balaban J connectivity index is 2.06. The minimum Gasteiger partial charge on any atom is -0.481 e. The molecule has 20 heavy (non-hydrogen) atoms. The molecule has 106 valence electrons. The third-order valence-corrected chi connectivity index (χ3v) is 2.35. The Labute approximate surface area is 112 Å². The van der Waals surface area contributed by atoms with Crippen LogP contribution in [0.3, 0.4) is 0 Å². The van der Waals surface area contributed by atoms with Crippen LogP contribution in [0, 0.1) is 0 Å². The van der Waals surface area contributed by atoms with Crippen LogP contribution < -0.4 is 4.74 Å². The van der Waals surface area contributed by atoms with Crippen LogP contribution in [0.15, 0.2) is 28.7 Å². The van der Waals surface area contributed by atoms with Gasteiger partial charge in [-0.25, -0.2) is 0 Å². The van der Waals surface area contributed by atoms with Crippen LogP contribution in [0.1, 0.15) is 12.3 Å². The smallest absolute Gasteiger partial charge is 0.387 e. The van der Waals surface area contributed by atoms with E-state index in [-0.39, 0.29) is 30.4 Å². The molecule has 0 amide bonds. The number of benzene rings is 1. The SMILES string of the molecule is O=C(O)CCc1nnc(-c2ccc(OC(F)F)cc2)o1. The third kappa shape index (κ3) is 3.74. The van der Waals surface area contributed by atoms with Crippen molar-refractivity contribution in [2.45, 2.75) is 19.5 Å². The molecular weight excluding hydrogens is 274 g/mol. The van der Waals surface area contributed by atoms with Gasteiger partial charge in [-0.1, -0.05) is 0 Å². The van der Waals surface area contributed by atoms with Gasteiger partial charge >= 0.3 is 12.6 Å². The normalized spacial score (nSPS) is 10.8. The monoisotopic (exact) mass is 284 g/mol. The van der Waals surface area contributed by atoms with Gasteiger partial charge in [0.25, 0.3) is 0 Å². The van der Waals surface area contributed by atoms with E-state index in [4.69, 9.17) is 9.52 Å². The van der Waals surface area contributed by atoms with Crippen molar-refractivity contribution in [1.29, 1.82) is 0 Å². The molecule has 2 rings (SSSR count). The minimum absolute atomic E-state index is 0.0226. The van der Waals surface area contributed by atoms with Gasteiger partial charge in [0, 0.05) is 12.0 Å². The summed E-state index contributed by atoms with van der Waals surface area (Å²) in [5, 5.41) is 16.0. The Kier molecular flexibility index (Phi) is 4.24. The molecule has 6 nitrogen and oxygen atoms in total. The standard InChI is InChI=1S/C12H10F2N2O4/c13-12(14)19-8-3-1-7(2-4-8)11-16-15-9(20-11)5-6-10(17)18/h1-4,12H,5-6H2,(H,17,18). The molecule has 0 aliphatic carbocycles. The highest BCUT2D eigenvalue weighted by atomic mass is 19.3. The first kappa shape index (κ1) is 13.9. The topological polar surface area (TPSA) is 85.5 Å². The molecule has 1 aromatic heterocycles. The number of hydrogen-bond acceptors (Lipinski definition) is 5. The number of aliphatic carboxylic acids is 1. The molecule has 2 aromatic rings. The number of carbonyl (C=O) groups is 1. The van der Waals surface area contributed by atoms with E-state index in [1.165, 1.54) is 24.3 Å². The van der Waals surface area contributed by atoms with Crippen molar-refractivity contribution in [3.8, 4) is 17.2 Å². The number of halogens is 2. The van der Waals surface area contributed by atoms with Crippen LogP contribution in [0.4, 0.5) is 8.78 Å². The lowest BCUT2D eigenvalue weighted by molar-refractivity contribution is -0.137. The summed E-state index contributed by atoms with van der Waals surface area (Å²) in [6.45, 7) is -2.88. The molecule has 0 fully saturated rings. The lowest BCUT2D eigenvalue weighted by Crippen LogP contribution is -2.01. The second kappa shape index (κ2) is 6.09. The van der Waals surface area contributed by atoms with Crippen LogP contribution >= 0.6 is 0 Å². The number of aromatic nitrogens is 2. The van der Waals surface area contributed by atoms with E-state index in [0.29, 0.717) is 5.56 Å². The first-order valence-corrected chi connectivity index (χ1v) is 5.64. The van der Waals surface area contributed by atoms with Gasteiger partial charge in [-0.15, -0.1) is 10.2 Å². The van der Waals surface area contributed by atoms with E-state index >= 15 is 0 Å². The average Bonchev–Trinajstić information content (AvgIpc) is 2.85. The Bertz CT molecular complexity index is 583. The Hall–Kier alpha value is -2.51. The molecule has 0 aliphatic rings. The van der Waals surface area contributed by atoms with Crippen LogP contribution in [0.5, 0.6) is 5.75 Å². The van der Waals surface area contributed by atoms with Gasteiger partial charge in [0.15, 0.2) is 0 Å². The van der Waals surface area contributed by atoms with Crippen LogP contribution in [0.25, 0.3) is 11.5 Å². The number of alkyl halides is 2. The number of hydrogen-bond donors (Lipinski definition) is 1. The largest absolute Gasteiger partial charge is 0.481 e. The number of ether oxygens (including phenoxy) is 1. The van der Waals surface area contributed by atoms with Crippen molar-refractivity contribution in [2.75, 3.05) is 0 Å². The van der Waals surface area contributed by atoms with Gasteiger partial charge < -0.3 is 14.3 Å². The molecular formula is C12H10F2N2O4. The molecule has 0 radical (unpaired) electrons. The highest BCUT2D eigenvalue weighted by Gasteiger charge is 2.11. The maximum Gasteiger partial charge on any atom is 0.387 e. The van der Waals surface area contributed by atoms with Gasteiger partial charge in [0.2, 0.25) is 11.8 Å². The lowest BCUT2D eigenvalue weighted by Gasteiger charge is -2.03. The first-order chi connectivity index (χ1) is 9.54. The van der Waals surface area contributed by atoms with E-state index < -0.39 is 12.6 Å². The summed E-state index contributed by atoms with van der Waals surface area (Å²) in [6.07, 6.45) is 0.0255. The van der Waals surface area contributed by atoms with Crippen molar-refractivity contribution in [3.63, 3.8) is 0 Å². The average molecular weight is 284 g/mol. The van der Waals surface area contributed by atoms with Crippen LogP contribution in [0.2, 0.25) is 0 Å². The fraction of sp³-hybridized carbons (Fsp3) is 0.250. The quantitative estimate of drug-likeness (QED) is 0.876. The highest BCUT2D eigenvalue weighted by Crippen LogP contribution is 2.22. The minimum atomic E-state index is -2.88. The fourth-order valence-corrected chi connectivity index (χ4v) is 1.46. The zero-order valence-electron chi connectivity index (χ0n) is 10.1. The molecule has 0 spiro atoms. The van der Waals surface area contributed by atoms with Crippen LogP contribution in [-0.4, -0.2) is 27.9 Å². The number of rotatable bonds is 6. The van der Waals surface area contributed by atoms with E-state index in [1.807, 2.05) is 0 Å². The zero-order valence-corrected chi connectivity index (χ0v) is 10.1. The van der Waals surface area contributed by atoms with Gasteiger partial charge in [-0.3, -0.25) is 4.79 Å². The van der Waals surface area contributed by atoms with Gasteiger partial charge in [-0.05, 0) is 24.3 Å². The van der Waals surface area contributed by atoms with E-state index in [9.17, 15) is 13.6 Å². The first-order valence-electron chi connectivity index (χ1n) is 5.64. The molecule has 0 aliphatic heterocycles. The molecule has 1 aromatic carbocycles. The molecule has 0 saturated heterocycles. The van der Waals surface area contributed by atoms with Crippen molar-refractivity contribution >= 4 is 5.97 Å². The summed E-state index contributed by atoms with van der Waals surface area (Å²) >= 11 is 0. The Morgan fingerprint density at radius 2 is 2.00 bits per heavy atom. The molecule has 1 N–H and O–H groups in total. The molecule has 0 bridgehead atoms. The van der Waals surface area contributed by atoms with Crippen molar-refractivity contribution in [1.82, 2.24) is 10.2 Å². The summed E-state index contributed by atoms with van der Waals surface area (Å²) in [7, 11) is 0. The second-order valence-corrected chi connectivity index (χ2v) is 3.80. The number of nitrogens with zero attached hydrogens (tertiary/aromatic N) is 2.